The van der Waals surface area contributed by atoms with Crippen LogP contribution in [0.5, 0.6) is 5.75 Å². The number of methoxy groups -OCH3 is 1. The summed E-state index contributed by atoms with van der Waals surface area (Å²) in [5, 5.41) is 0.864. The zero-order valence-corrected chi connectivity index (χ0v) is 13.8. The van der Waals surface area contributed by atoms with Gasteiger partial charge in [-0.1, -0.05) is 12.1 Å². The Kier molecular flexibility index (Phi) is 4.25. The highest BCUT2D eigenvalue weighted by atomic mass is 19.1. The summed E-state index contributed by atoms with van der Waals surface area (Å²) in [6.07, 6.45) is 0. The van der Waals surface area contributed by atoms with Crippen molar-refractivity contribution in [2.24, 2.45) is 0 Å². The monoisotopic (exact) mass is 327 g/mol. The van der Waals surface area contributed by atoms with Gasteiger partial charge in [0.05, 0.1) is 19.2 Å². The number of aromatic amines is 1. The van der Waals surface area contributed by atoms with E-state index in [1.54, 1.807) is 26.2 Å². The maximum Gasteiger partial charge on any atom is 0.355 e. The van der Waals surface area contributed by atoms with E-state index in [1.165, 1.54) is 12.1 Å². The molecule has 0 aliphatic rings. The van der Waals surface area contributed by atoms with E-state index in [4.69, 9.17) is 9.47 Å². The molecule has 0 bridgehead atoms. The van der Waals surface area contributed by atoms with Crippen molar-refractivity contribution in [2.45, 2.75) is 13.8 Å². The number of benzene rings is 2. The fourth-order valence-corrected chi connectivity index (χ4v) is 2.88. The van der Waals surface area contributed by atoms with Gasteiger partial charge < -0.3 is 14.5 Å². The third kappa shape index (κ3) is 2.62. The van der Waals surface area contributed by atoms with E-state index in [9.17, 15) is 9.18 Å². The lowest BCUT2D eigenvalue weighted by Crippen LogP contribution is -2.06. The Morgan fingerprint density at radius 3 is 2.50 bits per heavy atom. The van der Waals surface area contributed by atoms with Crippen molar-refractivity contribution < 1.29 is 18.7 Å². The Bertz CT molecular complexity index is 897. The molecule has 5 heteroatoms. The summed E-state index contributed by atoms with van der Waals surface area (Å²) in [5.74, 6) is -0.0367. The quantitative estimate of drug-likeness (QED) is 0.719. The van der Waals surface area contributed by atoms with Crippen molar-refractivity contribution in [2.75, 3.05) is 13.7 Å². The van der Waals surface area contributed by atoms with Crippen molar-refractivity contribution >= 4 is 16.9 Å². The van der Waals surface area contributed by atoms with Crippen LogP contribution in [0.3, 0.4) is 0 Å². The van der Waals surface area contributed by atoms with E-state index in [1.807, 2.05) is 19.1 Å². The summed E-state index contributed by atoms with van der Waals surface area (Å²) < 4.78 is 23.8. The number of esters is 1. The number of ether oxygens (including phenoxy) is 2. The summed E-state index contributed by atoms with van der Waals surface area (Å²) >= 11 is 0. The molecule has 124 valence electrons. The SMILES string of the molecule is CCOC(=O)c1[nH]c2c(C)c(OC)ccc2c1-c1ccc(F)cc1. The first-order valence-corrected chi connectivity index (χ1v) is 7.69. The molecule has 4 nitrogen and oxygen atoms in total. The number of halogens is 1. The maximum atomic E-state index is 13.3. The number of hydrogen-bond acceptors (Lipinski definition) is 3. The molecule has 0 atom stereocenters. The van der Waals surface area contributed by atoms with Crippen molar-refractivity contribution in [3.8, 4) is 16.9 Å². The molecule has 24 heavy (non-hydrogen) atoms. The molecule has 0 saturated carbocycles. The van der Waals surface area contributed by atoms with Crippen molar-refractivity contribution in [1.82, 2.24) is 4.98 Å². The molecule has 0 fully saturated rings. The van der Waals surface area contributed by atoms with E-state index in [-0.39, 0.29) is 12.4 Å². The molecule has 0 amide bonds. The number of aromatic nitrogens is 1. The van der Waals surface area contributed by atoms with Crippen LogP contribution in [0.25, 0.3) is 22.0 Å². The van der Waals surface area contributed by atoms with Gasteiger partial charge in [0.15, 0.2) is 0 Å². The molecule has 2 aromatic carbocycles. The topological polar surface area (TPSA) is 51.3 Å². The number of nitrogens with one attached hydrogen (secondary N) is 1. The predicted octanol–water partition coefficient (Wildman–Crippen LogP) is 4.47. The Morgan fingerprint density at radius 1 is 1.17 bits per heavy atom. The minimum absolute atomic E-state index is 0.277. The summed E-state index contributed by atoms with van der Waals surface area (Å²) in [4.78, 5) is 15.5. The average Bonchev–Trinajstić information content (AvgIpc) is 2.97. The van der Waals surface area contributed by atoms with E-state index in [0.717, 1.165) is 27.8 Å². The summed E-state index contributed by atoms with van der Waals surface area (Å²) in [7, 11) is 1.60. The average molecular weight is 327 g/mol. The molecule has 3 aromatic rings. The Hall–Kier alpha value is -2.82. The zero-order valence-electron chi connectivity index (χ0n) is 13.8. The van der Waals surface area contributed by atoms with Gasteiger partial charge in [0.1, 0.15) is 17.3 Å². The minimum Gasteiger partial charge on any atom is -0.496 e. The lowest BCUT2D eigenvalue weighted by molar-refractivity contribution is 0.0521. The number of aryl methyl sites for hydroxylation is 1. The summed E-state index contributed by atoms with van der Waals surface area (Å²) in [6, 6.07) is 9.80. The van der Waals surface area contributed by atoms with Gasteiger partial charge in [-0.15, -0.1) is 0 Å². The Balaban J connectivity index is 2.31. The lowest BCUT2D eigenvalue weighted by atomic mass is 10.0. The van der Waals surface area contributed by atoms with Crippen LogP contribution in [-0.4, -0.2) is 24.7 Å². The van der Waals surface area contributed by atoms with E-state index >= 15 is 0 Å². The van der Waals surface area contributed by atoms with Crippen molar-refractivity contribution in [3.05, 3.63) is 53.5 Å². The number of fused-ring (bicyclic) bond motifs is 1. The normalized spacial score (nSPS) is 10.8. The van der Waals surface area contributed by atoms with Gasteiger partial charge >= 0.3 is 5.97 Å². The fraction of sp³-hybridized carbons (Fsp3) is 0.211. The van der Waals surface area contributed by atoms with Gasteiger partial charge in [0.2, 0.25) is 0 Å². The first kappa shape index (κ1) is 16.1. The predicted molar refractivity (Wildman–Crippen MR) is 90.9 cm³/mol. The van der Waals surface area contributed by atoms with Crippen LogP contribution in [0.2, 0.25) is 0 Å². The van der Waals surface area contributed by atoms with Crippen molar-refractivity contribution in [3.63, 3.8) is 0 Å². The highest BCUT2D eigenvalue weighted by Gasteiger charge is 2.22. The first-order chi connectivity index (χ1) is 11.6. The standard InChI is InChI=1S/C19H18FNO3/c1-4-24-19(22)18-16(12-5-7-13(20)8-6-12)14-9-10-15(23-3)11(2)17(14)21-18/h5-10,21H,4H2,1-3H3. The van der Waals surface area contributed by atoms with Gasteiger partial charge in [0, 0.05) is 16.5 Å². The molecule has 0 radical (unpaired) electrons. The molecule has 0 saturated heterocycles. The Morgan fingerprint density at radius 2 is 1.88 bits per heavy atom. The second kappa shape index (κ2) is 6.35. The van der Waals surface area contributed by atoms with E-state index in [0.29, 0.717) is 11.3 Å². The first-order valence-electron chi connectivity index (χ1n) is 7.69. The smallest absolute Gasteiger partial charge is 0.355 e. The minimum atomic E-state index is -0.439. The molecule has 3 rings (SSSR count). The molecular formula is C19H18FNO3. The van der Waals surface area contributed by atoms with Crippen molar-refractivity contribution in [1.29, 1.82) is 0 Å². The third-order valence-corrected chi connectivity index (χ3v) is 4.02. The second-order valence-electron chi connectivity index (χ2n) is 5.42. The molecule has 1 N–H and O–H groups in total. The molecular weight excluding hydrogens is 309 g/mol. The molecule has 0 aliphatic carbocycles. The highest BCUT2D eigenvalue weighted by molar-refractivity contribution is 6.09. The van der Waals surface area contributed by atoms with Crippen LogP contribution in [0.15, 0.2) is 36.4 Å². The molecule has 0 aliphatic heterocycles. The van der Waals surface area contributed by atoms with Gasteiger partial charge in [0.25, 0.3) is 0 Å². The molecule has 0 unspecified atom stereocenters. The number of H-pyrrole nitrogens is 1. The second-order valence-corrected chi connectivity index (χ2v) is 5.42. The van der Waals surface area contributed by atoms with Gasteiger partial charge in [-0.25, -0.2) is 9.18 Å². The van der Waals surface area contributed by atoms with E-state index in [2.05, 4.69) is 4.98 Å². The zero-order chi connectivity index (χ0) is 17.3. The van der Waals surface area contributed by atoms with E-state index < -0.39 is 5.97 Å². The number of carbonyl (C=O) groups is 1. The molecule has 1 heterocycles. The summed E-state index contributed by atoms with van der Waals surface area (Å²) in [5.41, 5.74) is 3.50. The van der Waals surface area contributed by atoms with Crippen LogP contribution in [0, 0.1) is 12.7 Å². The van der Waals surface area contributed by atoms with Crippen LogP contribution in [0.4, 0.5) is 4.39 Å². The highest BCUT2D eigenvalue weighted by Crippen LogP contribution is 2.37. The van der Waals surface area contributed by atoms with Crippen LogP contribution in [0.1, 0.15) is 23.0 Å². The molecule has 0 spiro atoms. The molecule has 1 aromatic heterocycles. The Labute approximate surface area is 139 Å². The third-order valence-electron chi connectivity index (χ3n) is 4.02. The van der Waals surface area contributed by atoms with Crippen LogP contribution < -0.4 is 4.74 Å². The largest absolute Gasteiger partial charge is 0.496 e. The fourth-order valence-electron chi connectivity index (χ4n) is 2.88. The number of rotatable bonds is 4. The summed E-state index contributed by atoms with van der Waals surface area (Å²) in [6.45, 7) is 3.95. The van der Waals surface area contributed by atoms with Crippen LogP contribution in [-0.2, 0) is 4.74 Å². The van der Waals surface area contributed by atoms with Gasteiger partial charge in [-0.2, -0.15) is 0 Å². The van der Waals surface area contributed by atoms with Crippen LogP contribution >= 0.6 is 0 Å². The number of hydrogen-bond donors (Lipinski definition) is 1. The lowest BCUT2D eigenvalue weighted by Gasteiger charge is -2.06. The number of carbonyl (C=O) groups excluding carboxylic acids is 1. The van der Waals surface area contributed by atoms with Gasteiger partial charge in [-0.3, -0.25) is 0 Å². The maximum absolute atomic E-state index is 13.3. The van der Waals surface area contributed by atoms with Gasteiger partial charge in [-0.05, 0) is 43.7 Å².